The van der Waals surface area contributed by atoms with E-state index in [9.17, 15) is 14.4 Å². The number of primary amides is 1. The van der Waals surface area contributed by atoms with Crippen molar-refractivity contribution >= 4 is 17.8 Å². The monoisotopic (exact) mass is 259 g/mol. The summed E-state index contributed by atoms with van der Waals surface area (Å²) in [5.41, 5.74) is 5.17. The van der Waals surface area contributed by atoms with E-state index in [1.165, 1.54) is 0 Å². The van der Waals surface area contributed by atoms with Crippen LogP contribution in [0.3, 0.4) is 0 Å². The Morgan fingerprint density at radius 1 is 1.00 bits per heavy atom. The molecule has 0 spiro atoms. The molecular weight excluding hydrogens is 238 g/mol. The van der Waals surface area contributed by atoms with Crippen molar-refractivity contribution in [1.29, 1.82) is 0 Å². The fourth-order valence-electron chi connectivity index (χ4n) is 1.27. The average molecular weight is 259 g/mol. The zero-order valence-corrected chi connectivity index (χ0v) is 10.8. The molecule has 0 aliphatic heterocycles. The minimum absolute atomic E-state index is 0.120. The minimum atomic E-state index is -1.26. The van der Waals surface area contributed by atoms with E-state index in [4.69, 9.17) is 15.9 Å². The van der Waals surface area contributed by atoms with Crippen molar-refractivity contribution in [3.63, 3.8) is 0 Å². The van der Waals surface area contributed by atoms with Crippen LogP contribution in [0.15, 0.2) is 12.2 Å². The molecule has 0 rings (SSSR count). The van der Waals surface area contributed by atoms with E-state index in [0.29, 0.717) is 12.2 Å². The van der Waals surface area contributed by atoms with Crippen molar-refractivity contribution < 1.29 is 24.6 Å². The molecule has 0 aromatic carbocycles. The third kappa shape index (κ3) is 14.1. The topological polar surface area (TPSA) is 118 Å². The molecule has 0 atom stereocenters. The highest BCUT2D eigenvalue weighted by Gasteiger charge is 2.11. The maximum absolute atomic E-state index is 10.7. The van der Waals surface area contributed by atoms with Gasteiger partial charge in [0.1, 0.15) is 0 Å². The van der Waals surface area contributed by atoms with Gasteiger partial charge >= 0.3 is 11.9 Å². The first-order valence-corrected chi connectivity index (χ1v) is 5.78. The number of carboxylic acids is 2. The summed E-state index contributed by atoms with van der Waals surface area (Å²) >= 11 is 0. The van der Waals surface area contributed by atoms with Gasteiger partial charge in [-0.1, -0.05) is 26.7 Å². The van der Waals surface area contributed by atoms with Gasteiger partial charge in [0, 0.05) is 18.1 Å². The highest BCUT2D eigenvalue weighted by molar-refractivity contribution is 5.89. The second kappa shape index (κ2) is 11.6. The van der Waals surface area contributed by atoms with Crippen LogP contribution in [0.5, 0.6) is 0 Å². The van der Waals surface area contributed by atoms with Crippen LogP contribution in [0.2, 0.25) is 0 Å². The number of hydrogen-bond donors (Lipinski definition) is 3. The van der Waals surface area contributed by atoms with Crippen LogP contribution in [0.25, 0.3) is 0 Å². The van der Waals surface area contributed by atoms with Crippen LogP contribution in [0.1, 0.15) is 39.5 Å². The lowest BCUT2D eigenvalue weighted by Crippen LogP contribution is -2.22. The Kier molecular flexibility index (Phi) is 12.0. The molecule has 0 radical (unpaired) electrons. The van der Waals surface area contributed by atoms with Crippen molar-refractivity contribution in [1.82, 2.24) is 0 Å². The van der Waals surface area contributed by atoms with E-state index in [1.807, 2.05) is 0 Å². The molecule has 0 saturated carbocycles. The number of carboxylic acid groups (broad SMARTS) is 2. The van der Waals surface area contributed by atoms with Crippen molar-refractivity contribution in [2.75, 3.05) is 0 Å². The highest BCUT2D eigenvalue weighted by Crippen LogP contribution is 2.11. The zero-order valence-electron chi connectivity index (χ0n) is 10.8. The van der Waals surface area contributed by atoms with E-state index >= 15 is 0 Å². The van der Waals surface area contributed by atoms with Gasteiger partial charge in [-0.25, -0.2) is 9.59 Å². The van der Waals surface area contributed by atoms with Gasteiger partial charge in [0.15, 0.2) is 0 Å². The molecule has 1 amide bonds. The van der Waals surface area contributed by atoms with E-state index in [1.54, 1.807) is 0 Å². The van der Waals surface area contributed by atoms with Gasteiger partial charge in [-0.15, -0.1) is 0 Å². The molecule has 0 aromatic heterocycles. The van der Waals surface area contributed by atoms with Crippen molar-refractivity contribution in [3.05, 3.63) is 12.2 Å². The lowest BCUT2D eigenvalue weighted by Gasteiger charge is -2.09. The van der Waals surface area contributed by atoms with Gasteiger partial charge in [0.25, 0.3) is 0 Å². The van der Waals surface area contributed by atoms with Crippen LogP contribution >= 0.6 is 0 Å². The summed E-state index contributed by atoms with van der Waals surface area (Å²) in [6.45, 7) is 4.15. The van der Waals surface area contributed by atoms with Crippen LogP contribution in [-0.2, 0) is 14.4 Å². The first-order valence-electron chi connectivity index (χ1n) is 5.78. The summed E-state index contributed by atoms with van der Waals surface area (Å²) in [6.07, 6.45) is 5.11. The summed E-state index contributed by atoms with van der Waals surface area (Å²) < 4.78 is 0. The molecular formula is C12H21NO5. The van der Waals surface area contributed by atoms with E-state index in [2.05, 4.69) is 13.8 Å². The van der Waals surface area contributed by atoms with Gasteiger partial charge in [0.2, 0.25) is 5.91 Å². The molecule has 0 heterocycles. The predicted octanol–water partition coefficient (Wildman–Crippen LogP) is 1.40. The maximum atomic E-state index is 10.7. The zero-order chi connectivity index (χ0) is 14.6. The van der Waals surface area contributed by atoms with Gasteiger partial charge < -0.3 is 15.9 Å². The Hall–Kier alpha value is -1.85. The third-order valence-corrected chi connectivity index (χ3v) is 2.05. The molecule has 0 aromatic rings. The molecule has 6 heteroatoms. The first-order chi connectivity index (χ1) is 8.34. The summed E-state index contributed by atoms with van der Waals surface area (Å²) in [7, 11) is 0. The number of amides is 1. The Morgan fingerprint density at radius 3 is 1.50 bits per heavy atom. The lowest BCUT2D eigenvalue weighted by molar-refractivity contribution is -0.134. The second-order valence-electron chi connectivity index (χ2n) is 3.69. The smallest absolute Gasteiger partial charge is 0.328 e. The van der Waals surface area contributed by atoms with Crippen molar-refractivity contribution in [3.8, 4) is 0 Å². The quantitative estimate of drug-likeness (QED) is 0.597. The average Bonchev–Trinajstić information content (AvgIpc) is 2.27. The maximum Gasteiger partial charge on any atom is 0.328 e. The molecule has 18 heavy (non-hydrogen) atoms. The molecule has 0 unspecified atom stereocenters. The number of aliphatic carboxylic acids is 2. The second-order valence-corrected chi connectivity index (χ2v) is 3.69. The van der Waals surface area contributed by atoms with Crippen molar-refractivity contribution in [2.45, 2.75) is 39.5 Å². The Morgan fingerprint density at radius 2 is 1.33 bits per heavy atom. The number of rotatable bonds is 7. The summed E-state index contributed by atoms with van der Waals surface area (Å²) in [4.78, 5) is 29.8. The number of carbonyl (C=O) groups excluding carboxylic acids is 1. The number of carbonyl (C=O) groups is 3. The molecule has 0 saturated heterocycles. The minimum Gasteiger partial charge on any atom is -0.478 e. The number of nitrogens with two attached hydrogens (primary N) is 1. The van der Waals surface area contributed by atoms with Crippen LogP contribution in [0, 0.1) is 5.92 Å². The van der Waals surface area contributed by atoms with Crippen molar-refractivity contribution in [2.24, 2.45) is 11.7 Å². The summed E-state index contributed by atoms with van der Waals surface area (Å²) in [5, 5.41) is 15.6. The molecule has 0 fully saturated rings. The summed E-state index contributed by atoms with van der Waals surface area (Å²) in [6, 6.07) is 0. The Bertz CT molecular complexity index is 277. The number of hydrogen-bond acceptors (Lipinski definition) is 3. The third-order valence-electron chi connectivity index (χ3n) is 2.05. The fourth-order valence-corrected chi connectivity index (χ4v) is 1.27. The van der Waals surface area contributed by atoms with E-state index in [0.717, 1.165) is 25.7 Å². The molecule has 0 aliphatic carbocycles. The predicted molar refractivity (Wildman–Crippen MR) is 66.9 cm³/mol. The molecule has 104 valence electrons. The SMILES string of the molecule is CCCC(CCC)C(N)=O.O=C(O)/C=C\C(=O)O. The standard InChI is InChI=1S/C8H17NO.C4H4O4/c1-3-5-7(6-4-2)8(9)10;5-3(6)1-2-4(7)8/h7H,3-6H2,1-2H3,(H2,9,10);1-2H,(H,5,6)(H,7,8)/b;2-1-. The first kappa shape index (κ1) is 18.5. The fraction of sp³-hybridized carbons (Fsp3) is 0.583. The summed E-state index contributed by atoms with van der Waals surface area (Å²) in [5.74, 6) is -2.53. The Balaban J connectivity index is 0. The molecule has 0 aliphatic rings. The van der Waals surface area contributed by atoms with Gasteiger partial charge in [-0.3, -0.25) is 4.79 Å². The molecule has 4 N–H and O–H groups in total. The largest absolute Gasteiger partial charge is 0.478 e. The van der Waals surface area contributed by atoms with Crippen LogP contribution < -0.4 is 5.73 Å². The highest BCUT2D eigenvalue weighted by atomic mass is 16.4. The van der Waals surface area contributed by atoms with E-state index < -0.39 is 11.9 Å². The van der Waals surface area contributed by atoms with Crippen LogP contribution in [0.4, 0.5) is 0 Å². The molecule has 6 nitrogen and oxygen atoms in total. The van der Waals surface area contributed by atoms with Gasteiger partial charge in [0.05, 0.1) is 0 Å². The van der Waals surface area contributed by atoms with Gasteiger partial charge in [-0.2, -0.15) is 0 Å². The normalized spacial score (nSPS) is 9.94. The van der Waals surface area contributed by atoms with E-state index in [-0.39, 0.29) is 11.8 Å². The Labute approximate surface area is 106 Å². The van der Waals surface area contributed by atoms with Gasteiger partial charge in [-0.05, 0) is 12.8 Å². The molecule has 0 bridgehead atoms. The lowest BCUT2D eigenvalue weighted by atomic mass is 9.98. The van der Waals surface area contributed by atoms with Crippen LogP contribution in [-0.4, -0.2) is 28.1 Å².